The molecule has 1 aliphatic rings. The number of aryl methyl sites for hydroxylation is 1. The van der Waals surface area contributed by atoms with Crippen LogP contribution in [0.25, 0.3) is 5.69 Å². The number of carbonyl (C=O) groups is 1. The third-order valence-corrected chi connectivity index (χ3v) is 6.27. The number of carbonyl (C=O) groups excluding carboxylic acids is 1. The summed E-state index contributed by atoms with van der Waals surface area (Å²) in [5.41, 5.74) is 6.00. The van der Waals surface area contributed by atoms with Crippen LogP contribution in [0.1, 0.15) is 36.0 Å². The van der Waals surface area contributed by atoms with Crippen molar-refractivity contribution in [3.63, 3.8) is 0 Å². The van der Waals surface area contributed by atoms with Gasteiger partial charge in [0.15, 0.2) is 5.11 Å². The number of nitrogens with zero attached hydrogens (tertiary/aromatic N) is 3. The minimum Gasteiger partial charge on any atom is -0.351 e. The Morgan fingerprint density at radius 3 is 2.38 bits per heavy atom. The highest BCUT2D eigenvalue weighted by molar-refractivity contribution is 7.80. The van der Waals surface area contributed by atoms with Gasteiger partial charge in [0.1, 0.15) is 6.04 Å². The molecule has 0 unspecified atom stereocenters. The van der Waals surface area contributed by atoms with E-state index in [1.807, 2.05) is 42.5 Å². The number of pyridine rings is 1. The molecule has 3 heterocycles. The van der Waals surface area contributed by atoms with Gasteiger partial charge in [0.2, 0.25) is 5.91 Å². The molecular weight excluding hydrogens is 442 g/mol. The average molecular weight is 468 g/mol. The Morgan fingerprint density at radius 2 is 1.71 bits per heavy atom. The van der Waals surface area contributed by atoms with Crippen LogP contribution < -0.4 is 15.5 Å². The summed E-state index contributed by atoms with van der Waals surface area (Å²) >= 11 is 5.84. The van der Waals surface area contributed by atoms with Crippen molar-refractivity contribution < 1.29 is 4.79 Å². The highest BCUT2D eigenvalue weighted by Crippen LogP contribution is 2.42. The highest BCUT2D eigenvalue weighted by atomic mass is 32.1. The van der Waals surface area contributed by atoms with Crippen molar-refractivity contribution in [2.24, 2.45) is 0 Å². The minimum absolute atomic E-state index is 0.102. The maximum Gasteiger partial charge on any atom is 0.221 e. The Labute approximate surface area is 204 Å². The molecule has 0 spiro atoms. The van der Waals surface area contributed by atoms with E-state index in [4.69, 9.17) is 12.2 Å². The fourth-order valence-corrected chi connectivity index (χ4v) is 4.76. The quantitative estimate of drug-likeness (QED) is 0.389. The van der Waals surface area contributed by atoms with E-state index in [9.17, 15) is 4.79 Å². The number of anilines is 2. The van der Waals surface area contributed by atoms with Crippen LogP contribution in [-0.4, -0.2) is 20.6 Å². The van der Waals surface area contributed by atoms with Crippen molar-refractivity contribution >= 4 is 34.6 Å². The van der Waals surface area contributed by atoms with Crippen molar-refractivity contribution in [1.82, 2.24) is 14.9 Å². The molecule has 2 atom stereocenters. The van der Waals surface area contributed by atoms with E-state index >= 15 is 0 Å². The molecule has 0 bridgehead atoms. The predicted molar refractivity (Wildman–Crippen MR) is 139 cm³/mol. The van der Waals surface area contributed by atoms with Crippen LogP contribution in [0.15, 0.2) is 91.3 Å². The molecule has 1 fully saturated rings. The first-order chi connectivity index (χ1) is 16.5. The summed E-state index contributed by atoms with van der Waals surface area (Å²) in [7, 11) is 0. The SMILES string of the molecule is CC(=O)Nc1ccc(N2C(=S)N[C@H](c3ccccn3)[C@@H]2c2cccn2-c2ccc(C)cc2)cc1. The molecule has 34 heavy (non-hydrogen) atoms. The van der Waals surface area contributed by atoms with E-state index in [-0.39, 0.29) is 18.0 Å². The molecule has 1 amide bonds. The number of aromatic nitrogens is 2. The molecule has 5 rings (SSSR count). The zero-order valence-corrected chi connectivity index (χ0v) is 19.8. The molecule has 0 radical (unpaired) electrons. The third kappa shape index (κ3) is 4.18. The smallest absolute Gasteiger partial charge is 0.221 e. The molecular formula is C27H25N5OS. The van der Waals surface area contributed by atoms with Crippen LogP contribution in [-0.2, 0) is 4.79 Å². The minimum atomic E-state index is -0.136. The van der Waals surface area contributed by atoms with Crippen LogP contribution >= 0.6 is 12.2 Å². The van der Waals surface area contributed by atoms with E-state index < -0.39 is 0 Å². The lowest BCUT2D eigenvalue weighted by molar-refractivity contribution is -0.114. The van der Waals surface area contributed by atoms with Crippen molar-refractivity contribution in [2.45, 2.75) is 25.9 Å². The van der Waals surface area contributed by atoms with Gasteiger partial charge in [-0.2, -0.15) is 0 Å². The molecule has 1 aliphatic heterocycles. The first-order valence-corrected chi connectivity index (χ1v) is 11.5. The summed E-state index contributed by atoms with van der Waals surface area (Å²) in [6.07, 6.45) is 3.88. The normalized spacial score (nSPS) is 17.5. The summed E-state index contributed by atoms with van der Waals surface area (Å²) in [5.74, 6) is -0.102. The van der Waals surface area contributed by atoms with Gasteiger partial charge in [0, 0.05) is 42.1 Å². The van der Waals surface area contributed by atoms with Crippen LogP contribution in [0.5, 0.6) is 0 Å². The maximum absolute atomic E-state index is 11.4. The second-order valence-electron chi connectivity index (χ2n) is 8.36. The number of thiocarbonyl (C=S) groups is 1. The van der Waals surface area contributed by atoms with Gasteiger partial charge in [-0.3, -0.25) is 9.78 Å². The first-order valence-electron chi connectivity index (χ1n) is 11.1. The molecule has 0 saturated carbocycles. The number of amides is 1. The second-order valence-corrected chi connectivity index (χ2v) is 8.75. The summed E-state index contributed by atoms with van der Waals surface area (Å²) < 4.78 is 2.20. The fraction of sp³-hybridized carbons (Fsp3) is 0.148. The molecule has 0 aliphatic carbocycles. The Hall–Kier alpha value is -3.97. The molecule has 6 nitrogen and oxygen atoms in total. The predicted octanol–water partition coefficient (Wildman–Crippen LogP) is 5.32. The zero-order chi connectivity index (χ0) is 23.7. The van der Waals surface area contributed by atoms with E-state index in [1.165, 1.54) is 12.5 Å². The molecule has 1 saturated heterocycles. The second kappa shape index (κ2) is 9.11. The Balaban J connectivity index is 1.61. The third-order valence-electron chi connectivity index (χ3n) is 5.96. The van der Waals surface area contributed by atoms with Gasteiger partial charge >= 0.3 is 0 Å². The van der Waals surface area contributed by atoms with Gasteiger partial charge in [0.05, 0.1) is 11.7 Å². The van der Waals surface area contributed by atoms with Gasteiger partial charge in [-0.15, -0.1) is 0 Å². The van der Waals surface area contributed by atoms with Gasteiger partial charge < -0.3 is 20.1 Å². The molecule has 170 valence electrons. The Morgan fingerprint density at radius 1 is 0.971 bits per heavy atom. The van der Waals surface area contributed by atoms with Gasteiger partial charge in [0.25, 0.3) is 0 Å². The van der Waals surface area contributed by atoms with Crippen molar-refractivity contribution in [1.29, 1.82) is 0 Å². The van der Waals surface area contributed by atoms with Crippen molar-refractivity contribution in [3.8, 4) is 5.69 Å². The topological polar surface area (TPSA) is 62.2 Å². The van der Waals surface area contributed by atoms with E-state index in [0.717, 1.165) is 28.5 Å². The molecule has 2 aromatic carbocycles. The van der Waals surface area contributed by atoms with Crippen LogP contribution in [0, 0.1) is 6.92 Å². The van der Waals surface area contributed by atoms with Gasteiger partial charge in [-0.1, -0.05) is 23.8 Å². The fourth-order valence-electron chi connectivity index (χ4n) is 4.42. The van der Waals surface area contributed by atoms with Crippen LogP contribution in [0.4, 0.5) is 11.4 Å². The Kier molecular flexibility index (Phi) is 5.86. The monoisotopic (exact) mass is 467 g/mol. The first kappa shape index (κ1) is 21.9. The number of rotatable bonds is 5. The average Bonchev–Trinajstić information content (AvgIpc) is 3.45. The summed E-state index contributed by atoms with van der Waals surface area (Å²) in [5, 5.41) is 6.96. The standard InChI is InChI=1S/C27H25N5OS/c1-18-8-12-21(13-9-18)31-17-5-7-24(31)26-25(23-6-3-4-16-28-23)30-27(34)32(26)22-14-10-20(11-15-22)29-19(2)33/h3-17,25-26H,1-2H3,(H,29,33)(H,30,34)/t25-,26+/m1/s1. The summed E-state index contributed by atoms with van der Waals surface area (Å²) in [4.78, 5) is 18.2. The highest BCUT2D eigenvalue weighted by Gasteiger charge is 2.42. The lowest BCUT2D eigenvalue weighted by Gasteiger charge is -2.29. The lowest BCUT2D eigenvalue weighted by atomic mass is 10.0. The van der Waals surface area contributed by atoms with E-state index in [2.05, 4.69) is 74.6 Å². The summed E-state index contributed by atoms with van der Waals surface area (Å²) in [6.45, 7) is 3.59. The summed E-state index contributed by atoms with van der Waals surface area (Å²) in [6, 6.07) is 26.1. The Bertz CT molecular complexity index is 1320. The molecule has 2 N–H and O–H groups in total. The number of benzene rings is 2. The number of hydrogen-bond donors (Lipinski definition) is 2. The molecule has 7 heteroatoms. The van der Waals surface area contributed by atoms with Crippen molar-refractivity contribution in [2.75, 3.05) is 10.2 Å². The van der Waals surface area contributed by atoms with Gasteiger partial charge in [-0.25, -0.2) is 0 Å². The molecule has 2 aromatic heterocycles. The number of hydrogen-bond acceptors (Lipinski definition) is 3. The number of nitrogens with one attached hydrogen (secondary N) is 2. The largest absolute Gasteiger partial charge is 0.351 e. The van der Waals surface area contributed by atoms with Gasteiger partial charge in [-0.05, 0) is 79.8 Å². The van der Waals surface area contributed by atoms with E-state index in [0.29, 0.717) is 5.11 Å². The van der Waals surface area contributed by atoms with E-state index in [1.54, 1.807) is 6.20 Å². The van der Waals surface area contributed by atoms with Crippen LogP contribution in [0.3, 0.4) is 0 Å². The maximum atomic E-state index is 11.4. The lowest BCUT2D eigenvalue weighted by Crippen LogP contribution is -2.30. The zero-order valence-electron chi connectivity index (χ0n) is 19.0. The molecule has 4 aromatic rings. The van der Waals surface area contributed by atoms with Crippen molar-refractivity contribution in [3.05, 3.63) is 108 Å². The van der Waals surface area contributed by atoms with Crippen LogP contribution in [0.2, 0.25) is 0 Å².